The van der Waals surface area contributed by atoms with E-state index in [1.54, 1.807) is 6.07 Å². The molecule has 0 aromatic carbocycles. The van der Waals surface area contributed by atoms with Crippen LogP contribution in [0.1, 0.15) is 18.9 Å². The van der Waals surface area contributed by atoms with Gasteiger partial charge in [0.1, 0.15) is 6.07 Å². The zero-order chi connectivity index (χ0) is 9.68. The first-order valence-corrected chi connectivity index (χ1v) is 4.22. The van der Waals surface area contributed by atoms with E-state index in [4.69, 9.17) is 5.26 Å². The summed E-state index contributed by atoms with van der Waals surface area (Å²) in [6, 6.07) is 3.77. The van der Waals surface area contributed by atoms with Gasteiger partial charge in [-0.05, 0) is 12.5 Å². The molecule has 0 aliphatic carbocycles. The van der Waals surface area contributed by atoms with Gasteiger partial charge < -0.3 is 4.90 Å². The highest BCUT2D eigenvalue weighted by Gasteiger charge is 2.07. The molecule has 1 aromatic rings. The minimum absolute atomic E-state index is 0.575. The normalized spacial score (nSPS) is 9.31. The van der Waals surface area contributed by atoms with Crippen LogP contribution in [0.2, 0.25) is 0 Å². The second-order valence-electron chi connectivity index (χ2n) is 2.80. The summed E-state index contributed by atoms with van der Waals surface area (Å²) in [7, 11) is 1.91. The van der Waals surface area contributed by atoms with Crippen LogP contribution in [0, 0.1) is 11.3 Å². The van der Waals surface area contributed by atoms with Crippen LogP contribution in [0.15, 0.2) is 12.3 Å². The zero-order valence-electron chi connectivity index (χ0n) is 7.86. The fraction of sp³-hybridized carbons (Fsp3) is 0.444. The fourth-order valence-electron chi connectivity index (χ4n) is 1.13. The van der Waals surface area contributed by atoms with Crippen molar-refractivity contribution in [3.8, 4) is 6.07 Å². The third kappa shape index (κ3) is 2.15. The average Bonchev–Trinajstić information content (AvgIpc) is 2.18. The van der Waals surface area contributed by atoms with E-state index < -0.39 is 0 Å². The van der Waals surface area contributed by atoms with E-state index in [1.165, 1.54) is 6.20 Å². The molecule has 0 N–H and O–H groups in total. The van der Waals surface area contributed by atoms with Gasteiger partial charge >= 0.3 is 0 Å². The van der Waals surface area contributed by atoms with Gasteiger partial charge in [-0.1, -0.05) is 6.92 Å². The van der Waals surface area contributed by atoms with Crippen molar-refractivity contribution in [3.05, 3.63) is 17.8 Å². The Morgan fingerprint density at radius 3 is 3.00 bits per heavy atom. The zero-order valence-corrected chi connectivity index (χ0v) is 7.86. The third-order valence-corrected chi connectivity index (χ3v) is 1.74. The van der Waals surface area contributed by atoms with E-state index >= 15 is 0 Å². The Balaban J connectivity index is 2.93. The van der Waals surface area contributed by atoms with Gasteiger partial charge in [0.2, 0.25) is 0 Å². The van der Waals surface area contributed by atoms with Gasteiger partial charge in [-0.25, -0.2) is 0 Å². The van der Waals surface area contributed by atoms with Crippen molar-refractivity contribution >= 4 is 5.82 Å². The van der Waals surface area contributed by atoms with Crippen LogP contribution >= 0.6 is 0 Å². The SMILES string of the molecule is CCCN(C)c1nnccc1C#N. The van der Waals surface area contributed by atoms with Crippen molar-refractivity contribution in [2.24, 2.45) is 0 Å². The van der Waals surface area contributed by atoms with E-state index in [0.717, 1.165) is 13.0 Å². The first-order chi connectivity index (χ1) is 6.29. The van der Waals surface area contributed by atoms with E-state index in [9.17, 15) is 0 Å². The third-order valence-electron chi connectivity index (χ3n) is 1.74. The molecule has 4 nitrogen and oxygen atoms in total. The van der Waals surface area contributed by atoms with Crippen LogP contribution in [0.25, 0.3) is 0 Å². The Labute approximate surface area is 77.8 Å². The first kappa shape index (κ1) is 9.46. The standard InChI is InChI=1S/C9H12N4/c1-3-6-13(2)9-8(7-10)4-5-11-12-9/h4-5H,3,6H2,1-2H3. The summed E-state index contributed by atoms with van der Waals surface area (Å²) in [6.07, 6.45) is 2.56. The fourth-order valence-corrected chi connectivity index (χ4v) is 1.13. The van der Waals surface area contributed by atoms with Crippen LogP contribution in [0.3, 0.4) is 0 Å². The molecule has 4 heteroatoms. The first-order valence-electron chi connectivity index (χ1n) is 4.22. The number of hydrogen-bond donors (Lipinski definition) is 0. The van der Waals surface area contributed by atoms with Crippen molar-refractivity contribution in [1.82, 2.24) is 10.2 Å². The number of nitrogens with zero attached hydrogens (tertiary/aromatic N) is 4. The molecule has 0 unspecified atom stereocenters. The molecule has 0 aliphatic rings. The lowest BCUT2D eigenvalue weighted by Crippen LogP contribution is -2.20. The number of anilines is 1. The quantitative estimate of drug-likeness (QED) is 0.694. The van der Waals surface area contributed by atoms with Gasteiger partial charge in [0, 0.05) is 13.6 Å². The van der Waals surface area contributed by atoms with Gasteiger partial charge in [-0.15, -0.1) is 5.10 Å². The second kappa shape index (κ2) is 4.41. The maximum atomic E-state index is 8.79. The van der Waals surface area contributed by atoms with Crippen molar-refractivity contribution in [2.45, 2.75) is 13.3 Å². The van der Waals surface area contributed by atoms with E-state index in [0.29, 0.717) is 11.4 Å². The largest absolute Gasteiger partial charge is 0.357 e. The smallest absolute Gasteiger partial charge is 0.168 e. The van der Waals surface area contributed by atoms with E-state index in [1.807, 2.05) is 11.9 Å². The predicted molar refractivity (Wildman–Crippen MR) is 50.3 cm³/mol. The Morgan fingerprint density at radius 2 is 2.38 bits per heavy atom. The Morgan fingerprint density at radius 1 is 1.62 bits per heavy atom. The van der Waals surface area contributed by atoms with Gasteiger partial charge in [0.05, 0.1) is 11.8 Å². The summed E-state index contributed by atoms with van der Waals surface area (Å²) in [5, 5.41) is 16.5. The van der Waals surface area contributed by atoms with Gasteiger partial charge in [-0.3, -0.25) is 0 Å². The molecular formula is C9H12N4. The van der Waals surface area contributed by atoms with Crippen LogP contribution in [0.4, 0.5) is 5.82 Å². The summed E-state index contributed by atoms with van der Waals surface area (Å²) in [5.41, 5.74) is 0.575. The van der Waals surface area contributed by atoms with Crippen molar-refractivity contribution in [3.63, 3.8) is 0 Å². The molecule has 0 fully saturated rings. The Bertz CT molecular complexity index is 316. The molecular weight excluding hydrogens is 164 g/mol. The topological polar surface area (TPSA) is 52.8 Å². The predicted octanol–water partition coefficient (Wildman–Crippen LogP) is 1.19. The number of nitriles is 1. The minimum Gasteiger partial charge on any atom is -0.357 e. The molecule has 0 atom stereocenters. The molecule has 0 radical (unpaired) electrons. The number of hydrogen-bond acceptors (Lipinski definition) is 4. The summed E-state index contributed by atoms with van der Waals surface area (Å²) >= 11 is 0. The Kier molecular flexibility index (Phi) is 3.21. The molecule has 1 aromatic heterocycles. The Hall–Kier alpha value is -1.63. The van der Waals surface area contributed by atoms with E-state index in [2.05, 4.69) is 23.2 Å². The highest BCUT2D eigenvalue weighted by atomic mass is 15.2. The maximum Gasteiger partial charge on any atom is 0.168 e. The molecule has 68 valence electrons. The van der Waals surface area contributed by atoms with Crippen molar-refractivity contribution < 1.29 is 0 Å². The minimum atomic E-state index is 0.575. The number of rotatable bonds is 3. The maximum absolute atomic E-state index is 8.79. The molecule has 1 rings (SSSR count). The molecule has 0 spiro atoms. The molecule has 0 saturated heterocycles. The lowest BCUT2D eigenvalue weighted by Gasteiger charge is -2.16. The lowest BCUT2D eigenvalue weighted by molar-refractivity contribution is 0.819. The molecule has 0 saturated carbocycles. The van der Waals surface area contributed by atoms with E-state index in [-0.39, 0.29) is 0 Å². The van der Waals surface area contributed by atoms with Gasteiger partial charge in [0.15, 0.2) is 5.82 Å². The lowest BCUT2D eigenvalue weighted by atomic mass is 10.3. The number of aromatic nitrogens is 2. The van der Waals surface area contributed by atoms with Gasteiger partial charge in [0.25, 0.3) is 0 Å². The van der Waals surface area contributed by atoms with Crippen LogP contribution in [-0.2, 0) is 0 Å². The summed E-state index contributed by atoms with van der Waals surface area (Å²) in [5.74, 6) is 0.659. The van der Waals surface area contributed by atoms with Gasteiger partial charge in [-0.2, -0.15) is 10.4 Å². The highest BCUT2D eigenvalue weighted by molar-refractivity contribution is 5.51. The summed E-state index contributed by atoms with van der Waals surface area (Å²) in [4.78, 5) is 1.94. The molecule has 13 heavy (non-hydrogen) atoms. The second-order valence-corrected chi connectivity index (χ2v) is 2.80. The molecule has 0 aliphatic heterocycles. The molecule has 0 bridgehead atoms. The molecule has 1 heterocycles. The average molecular weight is 176 g/mol. The highest BCUT2D eigenvalue weighted by Crippen LogP contribution is 2.12. The summed E-state index contributed by atoms with van der Waals surface area (Å²) < 4.78 is 0. The monoisotopic (exact) mass is 176 g/mol. The van der Waals surface area contributed by atoms with Crippen molar-refractivity contribution in [1.29, 1.82) is 5.26 Å². The summed E-state index contributed by atoms with van der Waals surface area (Å²) in [6.45, 7) is 2.96. The van der Waals surface area contributed by atoms with Crippen LogP contribution < -0.4 is 4.90 Å². The molecule has 0 amide bonds. The van der Waals surface area contributed by atoms with Crippen LogP contribution in [-0.4, -0.2) is 23.8 Å². The van der Waals surface area contributed by atoms with Crippen molar-refractivity contribution in [2.75, 3.05) is 18.5 Å². The van der Waals surface area contributed by atoms with Crippen LogP contribution in [0.5, 0.6) is 0 Å².